The molecule has 5 fully saturated rings. The van der Waals surface area contributed by atoms with Crippen LogP contribution >= 0.6 is 0 Å². The quantitative estimate of drug-likeness (QED) is 0.0424. The van der Waals surface area contributed by atoms with Gasteiger partial charge in [0.15, 0.2) is 0 Å². The van der Waals surface area contributed by atoms with Gasteiger partial charge < -0.3 is 24.0 Å². The van der Waals surface area contributed by atoms with Crippen molar-refractivity contribution in [1.29, 1.82) is 0 Å². The van der Waals surface area contributed by atoms with Gasteiger partial charge in [-0.05, 0) is 140 Å². The van der Waals surface area contributed by atoms with Crippen LogP contribution in [0.2, 0.25) is 0 Å². The largest absolute Gasteiger partial charge is 0.465 e. The summed E-state index contributed by atoms with van der Waals surface area (Å²) in [5.74, 6) is 1.57. The van der Waals surface area contributed by atoms with Crippen molar-refractivity contribution in [2.75, 3.05) is 52.5 Å². The predicted octanol–water partition coefficient (Wildman–Crippen LogP) is 8.53. The van der Waals surface area contributed by atoms with E-state index in [1.807, 2.05) is 0 Å². The number of carbonyl (C=O) groups excluding carboxylic acids is 3. The summed E-state index contributed by atoms with van der Waals surface area (Å²) in [5.41, 5.74) is 0. The van der Waals surface area contributed by atoms with Crippen LogP contribution in [0, 0.1) is 41.4 Å². The monoisotopic (exact) mass is 725 g/mol. The number of esters is 3. The topological polar surface area (TPSA) is 85.4 Å². The predicted molar refractivity (Wildman–Crippen MR) is 206 cm³/mol. The first-order valence-electron chi connectivity index (χ1n) is 21.7. The molecule has 294 valence electrons. The summed E-state index contributed by atoms with van der Waals surface area (Å²) in [6.07, 6.45) is 29.9. The molecule has 2 aliphatic heterocycles. The highest BCUT2D eigenvalue weighted by Gasteiger charge is 2.68. The number of hydrogen-bond acceptors (Lipinski definition) is 8. The number of carbonyl (C=O) groups is 3. The number of likely N-dealkylation sites (tertiary alicyclic amines) is 2. The van der Waals surface area contributed by atoms with E-state index >= 15 is 0 Å². The molecule has 0 N–H and O–H groups in total. The summed E-state index contributed by atoms with van der Waals surface area (Å²) in [4.78, 5) is 44.0. The Kier molecular flexibility index (Phi) is 17.5. The zero-order chi connectivity index (χ0) is 36.5. The number of hydrogen-bond donors (Lipinski definition) is 0. The lowest BCUT2D eigenvalue weighted by molar-refractivity contribution is -0.157. The maximum Gasteiger partial charge on any atom is 0.309 e. The molecule has 3 saturated carbocycles. The van der Waals surface area contributed by atoms with Gasteiger partial charge in [0.25, 0.3) is 0 Å². The van der Waals surface area contributed by atoms with Crippen LogP contribution in [-0.2, 0) is 28.6 Å². The third kappa shape index (κ3) is 12.7. The second-order valence-electron chi connectivity index (χ2n) is 16.8. The molecule has 2 heterocycles. The Morgan fingerprint density at radius 3 is 1.90 bits per heavy atom. The second kappa shape index (κ2) is 22.3. The van der Waals surface area contributed by atoms with Gasteiger partial charge in [0.2, 0.25) is 0 Å². The van der Waals surface area contributed by atoms with E-state index in [-0.39, 0.29) is 55.5 Å². The van der Waals surface area contributed by atoms with Crippen LogP contribution in [0.4, 0.5) is 0 Å². The van der Waals surface area contributed by atoms with Crippen LogP contribution in [0.5, 0.6) is 0 Å². The van der Waals surface area contributed by atoms with Crippen LogP contribution in [0.3, 0.4) is 0 Å². The molecule has 2 bridgehead atoms. The van der Waals surface area contributed by atoms with Gasteiger partial charge in [0, 0.05) is 12.5 Å². The van der Waals surface area contributed by atoms with E-state index in [1.165, 1.54) is 83.7 Å². The zero-order valence-electron chi connectivity index (χ0n) is 32.9. The van der Waals surface area contributed by atoms with E-state index in [0.717, 1.165) is 64.6 Å². The Balaban J connectivity index is 0.957. The van der Waals surface area contributed by atoms with Gasteiger partial charge in [0.1, 0.15) is 19.8 Å². The Morgan fingerprint density at radius 1 is 0.654 bits per heavy atom. The fourth-order valence-electron chi connectivity index (χ4n) is 9.86. The normalized spacial score (nSPS) is 27.3. The number of rotatable bonds is 24. The molecule has 8 nitrogen and oxygen atoms in total. The molecule has 2 saturated heterocycles. The van der Waals surface area contributed by atoms with Gasteiger partial charge in [0.05, 0.1) is 17.8 Å². The number of unbranched alkanes of at least 4 members (excludes halogenated alkanes) is 8. The minimum absolute atomic E-state index is 0.0506. The van der Waals surface area contributed by atoms with Crippen LogP contribution in [0.1, 0.15) is 136 Å². The number of nitrogens with zero attached hydrogens (tertiary/aromatic N) is 2. The third-order valence-electron chi connectivity index (χ3n) is 13.1. The molecule has 0 radical (unpaired) electrons. The van der Waals surface area contributed by atoms with E-state index in [4.69, 9.17) is 14.2 Å². The molecular formula is C44H72N2O6. The van der Waals surface area contributed by atoms with E-state index < -0.39 is 0 Å². The summed E-state index contributed by atoms with van der Waals surface area (Å²) in [6.45, 7) is 10.2. The standard InChI is InChI=1S/C44H72N2O6/c1-3-5-6-7-8-9-10-11-12-13-14-15-16-17-18-19-39(47)50-31-34(33-52-44(49)42-40-36-20-21-37(30-36)41(40)42)32-51-43(48)35-22-28-46(29-23-35)38-24-26-45(4-2)27-25-38/h8-9,11-12,34-38,40-42H,3-7,10,13-33H2,1-2H3/b9-8-,12-11-/t34?,36-,37+,40+,41-,42+. The minimum Gasteiger partial charge on any atom is -0.465 e. The van der Waals surface area contributed by atoms with Gasteiger partial charge in [-0.2, -0.15) is 0 Å². The molecule has 1 unspecified atom stereocenters. The summed E-state index contributed by atoms with van der Waals surface area (Å²) >= 11 is 0. The van der Waals surface area contributed by atoms with Crippen molar-refractivity contribution in [3.05, 3.63) is 24.3 Å². The molecular weight excluding hydrogens is 652 g/mol. The molecule has 5 rings (SSSR count). The van der Waals surface area contributed by atoms with Crippen molar-refractivity contribution in [1.82, 2.24) is 9.80 Å². The molecule has 0 spiro atoms. The fourth-order valence-corrected chi connectivity index (χ4v) is 9.86. The van der Waals surface area contributed by atoms with Crippen molar-refractivity contribution in [3.8, 4) is 0 Å². The van der Waals surface area contributed by atoms with Gasteiger partial charge in [-0.25, -0.2) is 0 Å². The van der Waals surface area contributed by atoms with Crippen molar-refractivity contribution >= 4 is 17.9 Å². The van der Waals surface area contributed by atoms with Crippen LogP contribution in [0.25, 0.3) is 0 Å². The number of piperidine rings is 2. The first kappa shape index (κ1) is 41.0. The molecule has 5 aliphatic rings. The summed E-state index contributed by atoms with van der Waals surface area (Å²) < 4.78 is 17.4. The molecule has 8 heteroatoms. The van der Waals surface area contributed by atoms with Crippen LogP contribution in [0.15, 0.2) is 24.3 Å². The highest BCUT2D eigenvalue weighted by atomic mass is 16.6. The van der Waals surface area contributed by atoms with Crippen LogP contribution < -0.4 is 0 Å². The lowest BCUT2D eigenvalue weighted by atomic mass is 9.93. The van der Waals surface area contributed by atoms with Gasteiger partial charge in [-0.3, -0.25) is 14.4 Å². The SMILES string of the molecule is CCCCC/C=C\C/C=C\CCCCCCCC(=O)OCC(COC(=O)C1CCN(C2CCN(CC)CC2)CC1)COC(=O)[C@H]1[C@H]2[C@@H]3CC[C@@H](C3)[C@@H]12. The van der Waals surface area contributed by atoms with Crippen molar-refractivity contribution in [3.63, 3.8) is 0 Å². The number of ether oxygens (including phenoxy) is 3. The first-order valence-corrected chi connectivity index (χ1v) is 21.7. The van der Waals surface area contributed by atoms with E-state index in [2.05, 4.69) is 48.0 Å². The van der Waals surface area contributed by atoms with Gasteiger partial charge >= 0.3 is 17.9 Å². The molecule has 0 aromatic rings. The lowest BCUT2D eigenvalue weighted by Crippen LogP contribution is -2.48. The molecule has 52 heavy (non-hydrogen) atoms. The average Bonchev–Trinajstić information content (AvgIpc) is 3.61. The van der Waals surface area contributed by atoms with E-state index in [9.17, 15) is 14.4 Å². The summed E-state index contributed by atoms with van der Waals surface area (Å²) in [6, 6.07) is 0.625. The van der Waals surface area contributed by atoms with Crippen LogP contribution in [-0.4, -0.2) is 86.3 Å². The zero-order valence-corrected chi connectivity index (χ0v) is 32.9. The Bertz CT molecular complexity index is 1120. The maximum atomic E-state index is 13.2. The fraction of sp³-hybridized carbons (Fsp3) is 0.841. The highest BCUT2D eigenvalue weighted by molar-refractivity contribution is 5.77. The maximum absolute atomic E-state index is 13.2. The average molecular weight is 725 g/mol. The summed E-state index contributed by atoms with van der Waals surface area (Å²) in [7, 11) is 0. The number of allylic oxidation sites excluding steroid dienone is 4. The van der Waals surface area contributed by atoms with Gasteiger partial charge in [-0.15, -0.1) is 0 Å². The molecule has 3 aliphatic carbocycles. The highest BCUT2D eigenvalue weighted by Crippen LogP contribution is 2.69. The molecule has 6 atom stereocenters. The first-order chi connectivity index (χ1) is 25.5. The van der Waals surface area contributed by atoms with E-state index in [0.29, 0.717) is 36.1 Å². The summed E-state index contributed by atoms with van der Waals surface area (Å²) in [5, 5.41) is 0. The van der Waals surface area contributed by atoms with Gasteiger partial charge in [-0.1, -0.05) is 70.3 Å². The van der Waals surface area contributed by atoms with E-state index in [1.54, 1.807) is 0 Å². The van der Waals surface area contributed by atoms with Crippen molar-refractivity contribution in [2.45, 2.75) is 142 Å². The molecule has 0 aromatic heterocycles. The lowest BCUT2D eigenvalue weighted by Gasteiger charge is -2.41. The third-order valence-corrected chi connectivity index (χ3v) is 13.1. The Morgan fingerprint density at radius 2 is 1.25 bits per heavy atom. The molecule has 0 amide bonds. The Hall–Kier alpha value is -2.19. The number of fused-ring (bicyclic) bond motifs is 5. The second-order valence-corrected chi connectivity index (χ2v) is 16.8. The van der Waals surface area contributed by atoms with Crippen molar-refractivity contribution in [2.24, 2.45) is 41.4 Å². The Labute approximate surface area is 315 Å². The molecule has 0 aromatic carbocycles. The minimum atomic E-state index is -0.347. The smallest absolute Gasteiger partial charge is 0.309 e. The van der Waals surface area contributed by atoms with Crippen molar-refractivity contribution < 1.29 is 28.6 Å².